The molecule has 3 aromatic rings. The lowest BCUT2D eigenvalue weighted by Gasteiger charge is -2.29. The summed E-state index contributed by atoms with van der Waals surface area (Å²) in [5.74, 6) is -0.389. The third-order valence-electron chi connectivity index (χ3n) is 5.76. The number of carbonyl (C=O) groups is 2. The van der Waals surface area contributed by atoms with Crippen LogP contribution in [0.4, 0.5) is 11.4 Å². The number of allylic oxidation sites excluding steroid dienone is 2. The molecule has 1 aliphatic rings. The zero-order valence-electron chi connectivity index (χ0n) is 20.4. The van der Waals surface area contributed by atoms with Gasteiger partial charge in [0.1, 0.15) is 5.75 Å². The van der Waals surface area contributed by atoms with Crippen LogP contribution in [0.15, 0.2) is 107 Å². The van der Waals surface area contributed by atoms with Crippen LogP contribution in [0.3, 0.4) is 0 Å². The molecule has 4 rings (SSSR count). The Kier molecular flexibility index (Phi) is 8.29. The first-order chi connectivity index (χ1) is 18.0. The van der Waals surface area contributed by atoms with Gasteiger partial charge in [-0.3, -0.25) is 9.59 Å². The van der Waals surface area contributed by atoms with E-state index in [9.17, 15) is 14.9 Å². The number of nitrogens with one attached hydrogen (secondary N) is 3. The fraction of sp³-hybridized carbons (Fsp3) is 0.138. The highest BCUT2D eigenvalue weighted by Gasteiger charge is 2.34. The Hall–Kier alpha value is -4.48. The fourth-order valence-corrected chi connectivity index (χ4v) is 4.95. The van der Waals surface area contributed by atoms with E-state index >= 15 is 0 Å². The third kappa shape index (κ3) is 6.21. The number of benzene rings is 3. The van der Waals surface area contributed by atoms with Crippen LogP contribution >= 0.6 is 11.8 Å². The number of dihydropyridines is 1. The van der Waals surface area contributed by atoms with Gasteiger partial charge in [-0.05, 0) is 36.8 Å². The summed E-state index contributed by atoms with van der Waals surface area (Å²) >= 11 is 1.22. The highest BCUT2D eigenvalue weighted by atomic mass is 32.2. The molecule has 8 heteroatoms. The van der Waals surface area contributed by atoms with Gasteiger partial charge >= 0.3 is 0 Å². The predicted octanol–water partition coefficient (Wildman–Crippen LogP) is 5.40. The van der Waals surface area contributed by atoms with E-state index in [1.165, 1.54) is 11.8 Å². The molecule has 0 aliphatic carbocycles. The van der Waals surface area contributed by atoms with Gasteiger partial charge in [0.2, 0.25) is 5.91 Å². The molecule has 0 spiro atoms. The van der Waals surface area contributed by atoms with Gasteiger partial charge in [-0.25, -0.2) is 0 Å². The summed E-state index contributed by atoms with van der Waals surface area (Å²) in [7, 11) is 1.56. The number of methoxy groups -OCH3 is 1. The zero-order chi connectivity index (χ0) is 26.2. The Balaban J connectivity index is 1.59. The maximum atomic E-state index is 13.4. The average Bonchev–Trinajstić information content (AvgIpc) is 2.92. The quantitative estimate of drug-likeness (QED) is 0.375. The molecule has 0 unspecified atom stereocenters. The number of hydrogen-bond donors (Lipinski definition) is 3. The molecule has 3 aromatic carbocycles. The molecule has 1 aliphatic heterocycles. The van der Waals surface area contributed by atoms with Gasteiger partial charge in [-0.1, -0.05) is 66.4 Å². The molecule has 1 atom stereocenters. The first-order valence-electron chi connectivity index (χ1n) is 11.6. The second-order valence-corrected chi connectivity index (χ2v) is 9.24. The van der Waals surface area contributed by atoms with Crippen molar-refractivity contribution < 1.29 is 14.3 Å². The van der Waals surface area contributed by atoms with Crippen LogP contribution in [0.25, 0.3) is 0 Å². The van der Waals surface area contributed by atoms with Crippen LogP contribution in [-0.4, -0.2) is 24.7 Å². The maximum absolute atomic E-state index is 13.4. The molecule has 0 bridgehead atoms. The highest BCUT2D eigenvalue weighted by molar-refractivity contribution is 8.03. The van der Waals surface area contributed by atoms with E-state index in [0.29, 0.717) is 39.0 Å². The summed E-state index contributed by atoms with van der Waals surface area (Å²) in [6.07, 6.45) is 0. The average molecular weight is 511 g/mol. The number of para-hydroxylation sites is 1. The van der Waals surface area contributed by atoms with Crippen molar-refractivity contribution in [1.82, 2.24) is 5.32 Å². The Bertz CT molecular complexity index is 1400. The molecule has 2 amide bonds. The van der Waals surface area contributed by atoms with Crippen molar-refractivity contribution >= 4 is 35.0 Å². The molecule has 37 heavy (non-hydrogen) atoms. The van der Waals surface area contributed by atoms with Gasteiger partial charge < -0.3 is 20.7 Å². The molecule has 0 saturated carbocycles. The van der Waals surface area contributed by atoms with Crippen molar-refractivity contribution in [2.24, 2.45) is 0 Å². The van der Waals surface area contributed by atoms with Gasteiger partial charge in [-0.15, -0.1) is 0 Å². The second kappa shape index (κ2) is 12.0. The normalized spacial score (nSPS) is 14.9. The molecular weight excluding hydrogens is 484 g/mol. The summed E-state index contributed by atoms with van der Waals surface area (Å²) in [4.78, 5) is 26.1. The van der Waals surface area contributed by atoms with E-state index in [0.717, 1.165) is 5.56 Å². The Labute approximate surface area is 220 Å². The van der Waals surface area contributed by atoms with Gasteiger partial charge in [-0.2, -0.15) is 5.26 Å². The summed E-state index contributed by atoms with van der Waals surface area (Å²) < 4.78 is 5.20. The van der Waals surface area contributed by atoms with Crippen LogP contribution in [0.1, 0.15) is 18.4 Å². The number of rotatable bonds is 8. The number of nitriles is 1. The van der Waals surface area contributed by atoms with E-state index < -0.39 is 5.92 Å². The van der Waals surface area contributed by atoms with E-state index in [4.69, 9.17) is 4.74 Å². The van der Waals surface area contributed by atoms with E-state index in [2.05, 4.69) is 22.0 Å². The van der Waals surface area contributed by atoms with Crippen molar-refractivity contribution in [2.75, 3.05) is 23.5 Å². The van der Waals surface area contributed by atoms with Gasteiger partial charge in [0, 0.05) is 28.7 Å². The van der Waals surface area contributed by atoms with E-state index in [1.54, 1.807) is 38.3 Å². The Morgan fingerprint density at radius 2 is 1.65 bits per heavy atom. The van der Waals surface area contributed by atoms with Crippen molar-refractivity contribution in [1.29, 1.82) is 5.26 Å². The monoisotopic (exact) mass is 510 g/mol. The number of hydrogen-bond acceptors (Lipinski definition) is 6. The topological polar surface area (TPSA) is 103 Å². The fourth-order valence-electron chi connectivity index (χ4n) is 4.06. The molecule has 0 radical (unpaired) electrons. The number of carbonyl (C=O) groups excluding carboxylic acids is 2. The minimum absolute atomic E-state index is 0.0745. The van der Waals surface area contributed by atoms with Crippen molar-refractivity contribution in [2.45, 2.75) is 12.8 Å². The van der Waals surface area contributed by atoms with Crippen LogP contribution in [0.5, 0.6) is 5.75 Å². The van der Waals surface area contributed by atoms with Crippen molar-refractivity contribution in [3.8, 4) is 11.8 Å². The lowest BCUT2D eigenvalue weighted by Crippen LogP contribution is -2.31. The number of ether oxygens (including phenoxy) is 1. The van der Waals surface area contributed by atoms with E-state index in [1.807, 2.05) is 60.7 Å². The molecule has 7 nitrogen and oxygen atoms in total. The summed E-state index contributed by atoms with van der Waals surface area (Å²) in [5, 5.41) is 19.7. The zero-order valence-corrected chi connectivity index (χ0v) is 21.3. The maximum Gasteiger partial charge on any atom is 0.254 e. The minimum Gasteiger partial charge on any atom is -0.497 e. The standard InChI is InChI=1S/C29H26N4O3S/c1-19-26(28(35)33-21-12-7-4-8-13-21)27(20-10-5-3-6-11-20)24(17-30)29(31-19)37-18-25(34)32-22-14-9-15-23(16-22)36-2/h3-16,27,31H,18H2,1-2H3,(H,32,34)(H,33,35)/t27-/m1/s1. The van der Waals surface area contributed by atoms with Crippen LogP contribution < -0.4 is 20.7 Å². The smallest absolute Gasteiger partial charge is 0.254 e. The molecule has 0 fully saturated rings. The summed E-state index contributed by atoms with van der Waals surface area (Å²) in [6, 6.07) is 28.0. The molecule has 0 saturated heterocycles. The van der Waals surface area contributed by atoms with Gasteiger partial charge in [0.15, 0.2) is 0 Å². The molecule has 0 aromatic heterocycles. The number of nitrogens with zero attached hydrogens (tertiary/aromatic N) is 1. The number of anilines is 2. The Morgan fingerprint density at radius 1 is 0.973 bits per heavy atom. The second-order valence-electron chi connectivity index (χ2n) is 8.25. The first kappa shape index (κ1) is 25.6. The third-order valence-corrected chi connectivity index (χ3v) is 6.77. The van der Waals surface area contributed by atoms with Crippen LogP contribution in [0.2, 0.25) is 0 Å². The number of thioether (sulfide) groups is 1. The lowest BCUT2D eigenvalue weighted by atomic mass is 9.82. The molecule has 3 N–H and O–H groups in total. The number of amides is 2. The molecule has 186 valence electrons. The predicted molar refractivity (Wildman–Crippen MR) is 147 cm³/mol. The Morgan fingerprint density at radius 3 is 2.32 bits per heavy atom. The first-order valence-corrected chi connectivity index (χ1v) is 12.6. The summed E-state index contributed by atoms with van der Waals surface area (Å²) in [5.41, 5.74) is 3.56. The summed E-state index contributed by atoms with van der Waals surface area (Å²) in [6.45, 7) is 1.81. The van der Waals surface area contributed by atoms with Crippen molar-refractivity contribution in [3.63, 3.8) is 0 Å². The van der Waals surface area contributed by atoms with Crippen molar-refractivity contribution in [3.05, 3.63) is 112 Å². The van der Waals surface area contributed by atoms with Gasteiger partial charge in [0.05, 0.1) is 35.5 Å². The molecular formula is C29H26N4O3S. The van der Waals surface area contributed by atoms with Crippen LogP contribution in [0, 0.1) is 11.3 Å². The highest BCUT2D eigenvalue weighted by Crippen LogP contribution is 2.41. The van der Waals surface area contributed by atoms with E-state index in [-0.39, 0.29) is 17.6 Å². The van der Waals surface area contributed by atoms with Gasteiger partial charge in [0.25, 0.3) is 5.91 Å². The lowest BCUT2D eigenvalue weighted by molar-refractivity contribution is -0.114. The largest absolute Gasteiger partial charge is 0.497 e. The molecule has 1 heterocycles. The van der Waals surface area contributed by atoms with Crippen LogP contribution in [-0.2, 0) is 9.59 Å². The minimum atomic E-state index is -0.583. The SMILES string of the molecule is COc1cccc(NC(=O)CSC2=C(C#N)[C@@H](c3ccccc3)C(C(=O)Nc3ccccc3)=C(C)N2)c1.